The smallest absolute Gasteiger partial charge is 0.197 e. The molecule has 0 amide bonds. The molecule has 1 heterocycles. The van der Waals surface area contributed by atoms with Crippen molar-refractivity contribution in [3.63, 3.8) is 0 Å². The minimum Gasteiger partial charge on any atom is -0.493 e. The molecule has 0 saturated heterocycles. The molecule has 0 radical (unpaired) electrons. The van der Waals surface area contributed by atoms with Gasteiger partial charge in [0.05, 0.1) is 19.9 Å². The van der Waals surface area contributed by atoms with Crippen molar-refractivity contribution < 1.29 is 9.47 Å². The van der Waals surface area contributed by atoms with Crippen molar-refractivity contribution >= 4 is 12.2 Å². The molecule has 0 bridgehead atoms. The van der Waals surface area contributed by atoms with E-state index in [1.807, 2.05) is 31.2 Å². The van der Waals surface area contributed by atoms with Gasteiger partial charge in [-0.25, -0.2) is 4.98 Å². The largest absolute Gasteiger partial charge is 0.493 e. The zero-order valence-electron chi connectivity index (χ0n) is 10.5. The van der Waals surface area contributed by atoms with Crippen LogP contribution >= 0.6 is 12.2 Å². The molecular weight excluding hydrogens is 248 g/mol. The standard InChI is InChI=1S/C13H14N2O2S/c1-8-6-10(15-13(18)14-8)9-4-5-11(16-2)12(7-9)17-3/h4-7H,1-3H3,(H,14,15,18). The van der Waals surface area contributed by atoms with Crippen molar-refractivity contribution in [2.24, 2.45) is 0 Å². The first-order valence-corrected chi connectivity index (χ1v) is 5.85. The Morgan fingerprint density at radius 3 is 2.44 bits per heavy atom. The maximum Gasteiger partial charge on any atom is 0.197 e. The highest BCUT2D eigenvalue weighted by Gasteiger charge is 2.07. The Bertz CT molecular complexity index is 623. The van der Waals surface area contributed by atoms with Gasteiger partial charge in [0, 0.05) is 11.3 Å². The molecular formula is C13H14N2O2S. The van der Waals surface area contributed by atoms with E-state index < -0.39 is 0 Å². The third-order valence-electron chi connectivity index (χ3n) is 2.56. The van der Waals surface area contributed by atoms with Crippen LogP contribution in [0.1, 0.15) is 5.69 Å². The fraction of sp³-hybridized carbons (Fsp3) is 0.231. The van der Waals surface area contributed by atoms with Crippen LogP contribution in [0.5, 0.6) is 11.5 Å². The van der Waals surface area contributed by atoms with Crippen molar-refractivity contribution in [1.29, 1.82) is 0 Å². The van der Waals surface area contributed by atoms with Gasteiger partial charge < -0.3 is 14.5 Å². The summed E-state index contributed by atoms with van der Waals surface area (Å²) in [6.07, 6.45) is 0. The third kappa shape index (κ3) is 2.51. The molecule has 0 aliphatic rings. The number of hydrogen-bond acceptors (Lipinski definition) is 4. The SMILES string of the molecule is COc1ccc(-c2cc(C)[nH]c(=S)n2)cc1OC. The van der Waals surface area contributed by atoms with Gasteiger partial charge in [-0.3, -0.25) is 0 Å². The molecule has 0 spiro atoms. The molecule has 2 rings (SSSR count). The van der Waals surface area contributed by atoms with E-state index in [0.717, 1.165) is 17.0 Å². The van der Waals surface area contributed by atoms with Gasteiger partial charge in [-0.1, -0.05) is 0 Å². The molecule has 5 heteroatoms. The number of nitrogens with one attached hydrogen (secondary N) is 1. The van der Waals surface area contributed by atoms with Crippen LogP contribution in [0.3, 0.4) is 0 Å². The van der Waals surface area contributed by atoms with Gasteiger partial charge >= 0.3 is 0 Å². The molecule has 0 aliphatic carbocycles. The van der Waals surface area contributed by atoms with Crippen LogP contribution in [-0.4, -0.2) is 24.2 Å². The zero-order chi connectivity index (χ0) is 13.1. The molecule has 0 fully saturated rings. The van der Waals surface area contributed by atoms with Gasteiger partial charge in [-0.2, -0.15) is 0 Å². The molecule has 0 saturated carbocycles. The molecule has 0 aliphatic heterocycles. The topological polar surface area (TPSA) is 47.1 Å². The molecule has 18 heavy (non-hydrogen) atoms. The molecule has 1 aromatic heterocycles. The number of methoxy groups -OCH3 is 2. The highest BCUT2D eigenvalue weighted by Crippen LogP contribution is 2.31. The Labute approximate surface area is 111 Å². The van der Waals surface area contributed by atoms with Gasteiger partial charge in [0.15, 0.2) is 16.3 Å². The summed E-state index contributed by atoms with van der Waals surface area (Å²) in [4.78, 5) is 7.28. The molecule has 0 unspecified atom stereocenters. The summed E-state index contributed by atoms with van der Waals surface area (Å²) in [5.74, 6) is 1.37. The van der Waals surface area contributed by atoms with Crippen LogP contribution in [0.25, 0.3) is 11.3 Å². The summed E-state index contributed by atoms with van der Waals surface area (Å²) in [6.45, 7) is 1.95. The molecule has 2 aromatic rings. The quantitative estimate of drug-likeness (QED) is 0.863. The maximum absolute atomic E-state index is 5.27. The Balaban J connectivity index is 2.54. The number of benzene rings is 1. The number of aromatic amines is 1. The Morgan fingerprint density at radius 2 is 1.83 bits per heavy atom. The van der Waals surface area contributed by atoms with E-state index in [9.17, 15) is 0 Å². The first kappa shape index (κ1) is 12.6. The summed E-state index contributed by atoms with van der Waals surface area (Å²) < 4.78 is 10.9. The average molecular weight is 262 g/mol. The van der Waals surface area contributed by atoms with Gasteiger partial charge in [0.25, 0.3) is 0 Å². The van der Waals surface area contributed by atoms with E-state index in [0.29, 0.717) is 16.3 Å². The second kappa shape index (κ2) is 5.18. The fourth-order valence-electron chi connectivity index (χ4n) is 1.72. The van der Waals surface area contributed by atoms with E-state index in [2.05, 4.69) is 9.97 Å². The number of aromatic nitrogens is 2. The van der Waals surface area contributed by atoms with E-state index in [1.165, 1.54) is 0 Å². The first-order chi connectivity index (χ1) is 8.63. The summed E-state index contributed by atoms with van der Waals surface area (Å²) >= 11 is 5.07. The minimum absolute atomic E-state index is 0.472. The zero-order valence-corrected chi connectivity index (χ0v) is 11.3. The number of aryl methyl sites for hydroxylation is 1. The van der Waals surface area contributed by atoms with Crippen LogP contribution in [0, 0.1) is 11.7 Å². The van der Waals surface area contributed by atoms with E-state index in [-0.39, 0.29) is 0 Å². The second-order valence-electron chi connectivity index (χ2n) is 3.82. The lowest BCUT2D eigenvalue weighted by atomic mass is 10.1. The highest BCUT2D eigenvalue weighted by molar-refractivity contribution is 7.71. The highest BCUT2D eigenvalue weighted by atomic mass is 32.1. The van der Waals surface area contributed by atoms with Crippen molar-refractivity contribution in [1.82, 2.24) is 9.97 Å². The van der Waals surface area contributed by atoms with Crippen LogP contribution in [0.15, 0.2) is 24.3 Å². The summed E-state index contributed by atoms with van der Waals surface area (Å²) in [6, 6.07) is 7.61. The van der Waals surface area contributed by atoms with E-state index >= 15 is 0 Å². The summed E-state index contributed by atoms with van der Waals surface area (Å²) in [5, 5.41) is 0. The Kier molecular flexibility index (Phi) is 3.62. The molecule has 94 valence electrons. The maximum atomic E-state index is 5.27. The lowest BCUT2D eigenvalue weighted by molar-refractivity contribution is 0.355. The Morgan fingerprint density at radius 1 is 1.11 bits per heavy atom. The number of hydrogen-bond donors (Lipinski definition) is 1. The van der Waals surface area contributed by atoms with Crippen LogP contribution < -0.4 is 9.47 Å². The lowest BCUT2D eigenvalue weighted by Crippen LogP contribution is -1.93. The normalized spacial score (nSPS) is 10.2. The van der Waals surface area contributed by atoms with Crippen molar-refractivity contribution in [2.45, 2.75) is 6.92 Å². The summed E-state index contributed by atoms with van der Waals surface area (Å²) in [7, 11) is 3.22. The number of nitrogens with zero attached hydrogens (tertiary/aromatic N) is 1. The predicted molar refractivity (Wildman–Crippen MR) is 72.7 cm³/mol. The third-order valence-corrected chi connectivity index (χ3v) is 2.75. The molecule has 1 N–H and O–H groups in total. The minimum atomic E-state index is 0.472. The van der Waals surface area contributed by atoms with Crippen LogP contribution in [0.4, 0.5) is 0 Å². The number of H-pyrrole nitrogens is 1. The van der Waals surface area contributed by atoms with Gasteiger partial charge in [0.1, 0.15) is 0 Å². The van der Waals surface area contributed by atoms with Gasteiger partial charge in [-0.05, 0) is 43.4 Å². The van der Waals surface area contributed by atoms with Crippen molar-refractivity contribution in [3.05, 3.63) is 34.7 Å². The Hall–Kier alpha value is -1.88. The molecule has 0 atom stereocenters. The van der Waals surface area contributed by atoms with Gasteiger partial charge in [-0.15, -0.1) is 0 Å². The summed E-state index contributed by atoms with van der Waals surface area (Å²) in [5.41, 5.74) is 2.73. The fourth-order valence-corrected chi connectivity index (χ4v) is 1.98. The number of ether oxygens (including phenoxy) is 2. The second-order valence-corrected chi connectivity index (χ2v) is 4.21. The van der Waals surface area contributed by atoms with Gasteiger partial charge in [0.2, 0.25) is 0 Å². The molecule has 4 nitrogen and oxygen atoms in total. The number of rotatable bonds is 3. The van der Waals surface area contributed by atoms with E-state index in [1.54, 1.807) is 14.2 Å². The van der Waals surface area contributed by atoms with Crippen LogP contribution in [-0.2, 0) is 0 Å². The monoisotopic (exact) mass is 262 g/mol. The first-order valence-electron chi connectivity index (χ1n) is 5.44. The van der Waals surface area contributed by atoms with Crippen molar-refractivity contribution in [3.8, 4) is 22.8 Å². The lowest BCUT2D eigenvalue weighted by Gasteiger charge is -2.09. The van der Waals surface area contributed by atoms with Crippen molar-refractivity contribution in [2.75, 3.05) is 14.2 Å². The van der Waals surface area contributed by atoms with E-state index in [4.69, 9.17) is 21.7 Å². The van der Waals surface area contributed by atoms with Crippen LogP contribution in [0.2, 0.25) is 0 Å². The molecule has 1 aromatic carbocycles. The average Bonchev–Trinajstić information content (AvgIpc) is 2.36. The predicted octanol–water partition coefficient (Wildman–Crippen LogP) is 3.13.